The van der Waals surface area contributed by atoms with Gasteiger partial charge in [0.25, 0.3) is 0 Å². The molecule has 0 amide bonds. The molecule has 2 aromatic heterocycles. The van der Waals surface area contributed by atoms with Crippen LogP contribution in [0.25, 0.3) is 11.4 Å². The summed E-state index contributed by atoms with van der Waals surface area (Å²) in [6.45, 7) is 2.14. The molecule has 2 heteroatoms. The highest BCUT2D eigenvalue weighted by molar-refractivity contribution is 5.79. The first-order valence-electron chi connectivity index (χ1n) is 7.78. The van der Waals surface area contributed by atoms with Crippen molar-refractivity contribution in [3.05, 3.63) is 83.2 Å². The number of pyridine rings is 2. The molecule has 0 radical (unpaired) electrons. The topological polar surface area (TPSA) is 25.8 Å². The predicted octanol–water partition coefficient (Wildman–Crippen LogP) is 4.24. The van der Waals surface area contributed by atoms with Gasteiger partial charge in [0, 0.05) is 17.8 Å². The lowest BCUT2D eigenvalue weighted by Gasteiger charge is -2.13. The average molecular weight is 284 g/mol. The molecule has 1 spiro atoms. The van der Waals surface area contributed by atoms with Crippen LogP contribution in [0.1, 0.15) is 34.6 Å². The van der Waals surface area contributed by atoms with Crippen molar-refractivity contribution < 1.29 is 0 Å². The molecule has 22 heavy (non-hydrogen) atoms. The fraction of sp³-hybridized carbons (Fsp3) is 0.200. The lowest BCUT2D eigenvalue weighted by Crippen LogP contribution is -2.07. The highest BCUT2D eigenvalue weighted by Gasteiger charge is 2.62. The summed E-state index contributed by atoms with van der Waals surface area (Å²) in [5, 5.41) is 0. The number of aryl methyl sites for hydroxylation is 1. The monoisotopic (exact) mass is 284 g/mol. The van der Waals surface area contributed by atoms with E-state index in [-0.39, 0.29) is 5.41 Å². The number of hydrogen-bond acceptors (Lipinski definition) is 2. The van der Waals surface area contributed by atoms with Gasteiger partial charge in [-0.15, -0.1) is 0 Å². The molecule has 1 aromatic carbocycles. The Balaban J connectivity index is 1.71. The van der Waals surface area contributed by atoms with Gasteiger partial charge in [0.2, 0.25) is 0 Å². The second kappa shape index (κ2) is 4.04. The lowest BCUT2D eigenvalue weighted by atomic mass is 9.89. The van der Waals surface area contributed by atoms with Crippen molar-refractivity contribution >= 4 is 0 Å². The summed E-state index contributed by atoms with van der Waals surface area (Å²) in [7, 11) is 0. The third kappa shape index (κ3) is 1.40. The largest absolute Gasteiger partial charge is 0.254 e. The Hall–Kier alpha value is -2.48. The number of rotatable bonds is 1. The minimum Gasteiger partial charge on any atom is -0.254 e. The summed E-state index contributed by atoms with van der Waals surface area (Å²) >= 11 is 0. The first kappa shape index (κ1) is 12.1. The van der Waals surface area contributed by atoms with Crippen molar-refractivity contribution in [1.82, 2.24) is 9.97 Å². The van der Waals surface area contributed by atoms with Crippen LogP contribution in [0.15, 0.2) is 60.9 Å². The SMILES string of the molecule is Cc1ccc(C2CC23c2cccnc2-c2ncccc23)cc1. The molecular weight excluding hydrogens is 268 g/mol. The summed E-state index contributed by atoms with van der Waals surface area (Å²) < 4.78 is 0. The highest BCUT2D eigenvalue weighted by atomic mass is 14.8. The molecule has 0 bridgehead atoms. The first-order valence-corrected chi connectivity index (χ1v) is 7.78. The number of fused-ring (bicyclic) bond motifs is 5. The Labute approximate surface area is 129 Å². The Bertz CT molecular complexity index is 835. The summed E-state index contributed by atoms with van der Waals surface area (Å²) in [4.78, 5) is 9.23. The van der Waals surface area contributed by atoms with Crippen molar-refractivity contribution in [2.45, 2.75) is 24.7 Å². The van der Waals surface area contributed by atoms with Gasteiger partial charge in [-0.3, -0.25) is 9.97 Å². The van der Waals surface area contributed by atoms with E-state index >= 15 is 0 Å². The van der Waals surface area contributed by atoms with E-state index in [9.17, 15) is 0 Å². The molecule has 2 heterocycles. The van der Waals surface area contributed by atoms with Crippen LogP contribution in [-0.2, 0) is 5.41 Å². The Morgan fingerprint density at radius 3 is 2.05 bits per heavy atom. The highest BCUT2D eigenvalue weighted by Crippen LogP contribution is 2.69. The zero-order valence-corrected chi connectivity index (χ0v) is 12.5. The molecule has 3 aromatic rings. The Morgan fingerprint density at radius 2 is 1.45 bits per heavy atom. The minimum atomic E-state index is 0.0996. The van der Waals surface area contributed by atoms with Gasteiger partial charge in [-0.25, -0.2) is 0 Å². The fourth-order valence-corrected chi connectivity index (χ4v) is 4.11. The van der Waals surface area contributed by atoms with Crippen LogP contribution >= 0.6 is 0 Å². The standard InChI is InChI=1S/C20H16N2/c1-13-6-8-14(9-7-13)17-12-20(17)15-4-2-10-21-18(15)19-16(20)5-3-11-22-19/h2-11,17H,12H2,1H3. The molecule has 5 rings (SSSR count). The molecule has 2 aliphatic carbocycles. The van der Waals surface area contributed by atoms with Crippen molar-refractivity contribution in [1.29, 1.82) is 0 Å². The summed E-state index contributed by atoms with van der Waals surface area (Å²) in [6.07, 6.45) is 4.91. The smallest absolute Gasteiger partial charge is 0.0930 e. The molecule has 2 aliphatic rings. The third-order valence-corrected chi connectivity index (χ3v) is 5.24. The van der Waals surface area contributed by atoms with Crippen LogP contribution in [0, 0.1) is 6.92 Å². The molecule has 106 valence electrons. The first-order chi connectivity index (χ1) is 10.8. The van der Waals surface area contributed by atoms with Crippen LogP contribution in [0.5, 0.6) is 0 Å². The second-order valence-corrected chi connectivity index (χ2v) is 6.44. The van der Waals surface area contributed by atoms with Gasteiger partial charge in [0.15, 0.2) is 0 Å². The maximum atomic E-state index is 4.62. The van der Waals surface area contributed by atoms with E-state index in [1.165, 1.54) is 22.3 Å². The van der Waals surface area contributed by atoms with Crippen molar-refractivity contribution in [2.24, 2.45) is 0 Å². The molecule has 1 atom stereocenters. The van der Waals surface area contributed by atoms with Crippen molar-refractivity contribution in [2.75, 3.05) is 0 Å². The van der Waals surface area contributed by atoms with Crippen LogP contribution in [0.4, 0.5) is 0 Å². The normalized spacial score (nSPS) is 19.8. The Morgan fingerprint density at radius 1 is 0.864 bits per heavy atom. The van der Waals surface area contributed by atoms with E-state index in [0.717, 1.165) is 17.8 Å². The molecular formula is C20H16N2. The van der Waals surface area contributed by atoms with Crippen molar-refractivity contribution in [3.8, 4) is 11.4 Å². The maximum absolute atomic E-state index is 4.62. The summed E-state index contributed by atoms with van der Waals surface area (Å²) in [6, 6.07) is 17.6. The van der Waals surface area contributed by atoms with Crippen LogP contribution in [0.2, 0.25) is 0 Å². The number of benzene rings is 1. The molecule has 0 saturated heterocycles. The summed E-state index contributed by atoms with van der Waals surface area (Å²) in [5.74, 6) is 0.543. The second-order valence-electron chi connectivity index (χ2n) is 6.44. The maximum Gasteiger partial charge on any atom is 0.0930 e. The molecule has 1 fully saturated rings. The van der Waals surface area contributed by atoms with Gasteiger partial charge < -0.3 is 0 Å². The van der Waals surface area contributed by atoms with Crippen LogP contribution < -0.4 is 0 Å². The van der Waals surface area contributed by atoms with Gasteiger partial charge in [0.1, 0.15) is 0 Å². The van der Waals surface area contributed by atoms with E-state index in [1.807, 2.05) is 12.4 Å². The molecule has 0 N–H and O–H groups in total. The molecule has 1 saturated carbocycles. The predicted molar refractivity (Wildman–Crippen MR) is 86.8 cm³/mol. The number of nitrogens with zero attached hydrogens (tertiary/aromatic N) is 2. The number of hydrogen-bond donors (Lipinski definition) is 0. The van der Waals surface area contributed by atoms with E-state index in [4.69, 9.17) is 0 Å². The van der Waals surface area contributed by atoms with Gasteiger partial charge in [-0.1, -0.05) is 42.0 Å². The lowest BCUT2D eigenvalue weighted by molar-refractivity contribution is 0.824. The molecule has 0 aliphatic heterocycles. The molecule has 2 nitrogen and oxygen atoms in total. The van der Waals surface area contributed by atoms with E-state index < -0.39 is 0 Å². The van der Waals surface area contributed by atoms with Gasteiger partial charge in [0.05, 0.1) is 11.4 Å². The quantitative estimate of drug-likeness (QED) is 0.668. The van der Waals surface area contributed by atoms with E-state index in [0.29, 0.717) is 5.92 Å². The van der Waals surface area contributed by atoms with Crippen LogP contribution in [0.3, 0.4) is 0 Å². The number of aromatic nitrogens is 2. The van der Waals surface area contributed by atoms with Gasteiger partial charge in [-0.05, 0) is 48.1 Å². The van der Waals surface area contributed by atoms with E-state index in [2.05, 4.69) is 65.4 Å². The third-order valence-electron chi connectivity index (χ3n) is 5.24. The fourth-order valence-electron chi connectivity index (χ4n) is 4.11. The van der Waals surface area contributed by atoms with Crippen LogP contribution in [-0.4, -0.2) is 9.97 Å². The zero-order valence-electron chi connectivity index (χ0n) is 12.5. The zero-order chi connectivity index (χ0) is 14.7. The Kier molecular flexibility index (Phi) is 2.22. The van der Waals surface area contributed by atoms with Gasteiger partial charge >= 0.3 is 0 Å². The summed E-state index contributed by atoms with van der Waals surface area (Å²) in [5.41, 5.74) is 7.71. The average Bonchev–Trinajstić information content (AvgIpc) is 3.25. The minimum absolute atomic E-state index is 0.0996. The van der Waals surface area contributed by atoms with Crippen molar-refractivity contribution in [3.63, 3.8) is 0 Å². The molecule has 1 unspecified atom stereocenters. The van der Waals surface area contributed by atoms with Gasteiger partial charge in [-0.2, -0.15) is 0 Å². The van der Waals surface area contributed by atoms with E-state index in [1.54, 1.807) is 0 Å².